The maximum Gasteiger partial charge on any atom is 0.240 e. The van der Waals surface area contributed by atoms with Crippen LogP contribution < -0.4 is 11.1 Å². The molecule has 0 saturated carbocycles. The molecule has 2 unspecified atom stereocenters. The molecule has 4 heteroatoms. The van der Waals surface area contributed by atoms with Crippen LogP contribution in [0.4, 0.5) is 0 Å². The Morgan fingerprint density at radius 3 is 2.23 bits per heavy atom. The molecule has 0 aromatic heterocycles. The molecule has 0 radical (unpaired) electrons. The average Bonchev–Trinajstić information content (AvgIpc) is 2.38. The molecule has 0 spiro atoms. The minimum Gasteiger partial charge on any atom is -0.352 e. The van der Waals surface area contributed by atoms with Crippen LogP contribution in [0.2, 0.25) is 0 Å². The molecule has 0 aliphatic rings. The zero-order chi connectivity index (χ0) is 16.0. The van der Waals surface area contributed by atoms with Crippen molar-refractivity contribution >= 4 is 18.3 Å². The molecule has 0 fully saturated rings. The van der Waals surface area contributed by atoms with Crippen LogP contribution in [0.15, 0.2) is 24.3 Å². The van der Waals surface area contributed by atoms with Gasteiger partial charge in [0, 0.05) is 6.04 Å². The number of benzene rings is 1. The fraction of sp³-hybridized carbons (Fsp3) is 0.611. The molecule has 0 bridgehead atoms. The van der Waals surface area contributed by atoms with E-state index in [0.717, 1.165) is 12.8 Å². The number of nitrogens with two attached hydrogens (primary N) is 1. The molecule has 1 amide bonds. The highest BCUT2D eigenvalue weighted by Gasteiger charge is 2.27. The van der Waals surface area contributed by atoms with Crippen LogP contribution >= 0.6 is 12.4 Å². The molecule has 3 nitrogen and oxygen atoms in total. The Labute approximate surface area is 141 Å². The minimum absolute atomic E-state index is 0. The average molecular weight is 327 g/mol. The van der Waals surface area contributed by atoms with Crippen molar-refractivity contribution in [3.8, 4) is 0 Å². The van der Waals surface area contributed by atoms with Crippen molar-refractivity contribution in [3.05, 3.63) is 35.4 Å². The standard InChI is InChI=1S/C18H30N2O.ClH/c1-6-11-18(5,19)17(21)20-14(4)12-15-7-9-16(10-8-15)13(2)3;/h7-10,13-14H,6,11-12,19H2,1-5H3,(H,20,21);1H. The van der Waals surface area contributed by atoms with Crippen LogP contribution in [0.5, 0.6) is 0 Å². The first-order valence-corrected chi connectivity index (χ1v) is 7.95. The van der Waals surface area contributed by atoms with Gasteiger partial charge in [-0.2, -0.15) is 0 Å². The molecule has 22 heavy (non-hydrogen) atoms. The van der Waals surface area contributed by atoms with Crippen LogP contribution in [-0.2, 0) is 11.2 Å². The van der Waals surface area contributed by atoms with Crippen LogP contribution in [0.3, 0.4) is 0 Å². The molecule has 0 aliphatic carbocycles. The van der Waals surface area contributed by atoms with E-state index in [1.54, 1.807) is 6.92 Å². The van der Waals surface area contributed by atoms with Gasteiger partial charge in [0.15, 0.2) is 0 Å². The van der Waals surface area contributed by atoms with Gasteiger partial charge in [0.2, 0.25) is 5.91 Å². The minimum atomic E-state index is -0.773. The molecule has 2 atom stereocenters. The van der Waals surface area contributed by atoms with E-state index in [1.807, 2.05) is 13.8 Å². The molecular formula is C18H31ClN2O. The summed E-state index contributed by atoms with van der Waals surface area (Å²) < 4.78 is 0. The Hall–Kier alpha value is -1.06. The Balaban J connectivity index is 0.00000441. The maximum atomic E-state index is 12.2. The molecule has 0 heterocycles. The van der Waals surface area contributed by atoms with Gasteiger partial charge in [0.05, 0.1) is 5.54 Å². The van der Waals surface area contributed by atoms with Gasteiger partial charge in [-0.3, -0.25) is 4.79 Å². The Bertz CT molecular complexity index is 455. The van der Waals surface area contributed by atoms with Crippen molar-refractivity contribution in [2.75, 3.05) is 0 Å². The number of rotatable bonds is 7. The number of amides is 1. The monoisotopic (exact) mass is 326 g/mol. The highest BCUT2D eigenvalue weighted by atomic mass is 35.5. The van der Waals surface area contributed by atoms with Crippen molar-refractivity contribution in [3.63, 3.8) is 0 Å². The topological polar surface area (TPSA) is 55.1 Å². The van der Waals surface area contributed by atoms with Crippen molar-refractivity contribution in [1.29, 1.82) is 0 Å². The quantitative estimate of drug-likeness (QED) is 0.800. The van der Waals surface area contributed by atoms with Gasteiger partial charge < -0.3 is 11.1 Å². The van der Waals surface area contributed by atoms with Gasteiger partial charge in [-0.05, 0) is 43.7 Å². The predicted octanol–water partition coefficient (Wildman–Crippen LogP) is 3.80. The Kier molecular flexibility index (Phi) is 8.72. The van der Waals surface area contributed by atoms with E-state index in [4.69, 9.17) is 5.73 Å². The molecule has 3 N–H and O–H groups in total. The summed E-state index contributed by atoms with van der Waals surface area (Å²) in [7, 11) is 0. The molecule has 126 valence electrons. The normalized spacial score (nSPS) is 14.9. The van der Waals surface area contributed by atoms with Crippen molar-refractivity contribution < 1.29 is 4.79 Å². The summed E-state index contributed by atoms with van der Waals surface area (Å²) in [5.41, 5.74) is 7.86. The van der Waals surface area contributed by atoms with Gasteiger partial charge in [-0.15, -0.1) is 12.4 Å². The number of carbonyl (C=O) groups is 1. The van der Waals surface area contributed by atoms with Crippen molar-refractivity contribution in [2.24, 2.45) is 5.73 Å². The van der Waals surface area contributed by atoms with Crippen molar-refractivity contribution in [2.45, 2.75) is 71.4 Å². The first-order valence-electron chi connectivity index (χ1n) is 7.95. The predicted molar refractivity (Wildman–Crippen MR) is 96.6 cm³/mol. The highest BCUT2D eigenvalue weighted by Crippen LogP contribution is 2.16. The number of nitrogens with one attached hydrogen (secondary N) is 1. The van der Waals surface area contributed by atoms with Gasteiger partial charge in [0.25, 0.3) is 0 Å². The fourth-order valence-electron chi connectivity index (χ4n) is 2.46. The van der Waals surface area contributed by atoms with Crippen LogP contribution in [0.1, 0.15) is 64.5 Å². The summed E-state index contributed by atoms with van der Waals surface area (Å²) in [6.07, 6.45) is 2.44. The third-order valence-corrected chi connectivity index (χ3v) is 3.85. The van der Waals surface area contributed by atoms with E-state index >= 15 is 0 Å². The zero-order valence-electron chi connectivity index (χ0n) is 14.5. The van der Waals surface area contributed by atoms with Crippen LogP contribution in [0, 0.1) is 0 Å². The molecule has 0 saturated heterocycles. The highest BCUT2D eigenvalue weighted by molar-refractivity contribution is 5.86. The maximum absolute atomic E-state index is 12.2. The molecule has 0 aliphatic heterocycles. The molecule has 1 aromatic carbocycles. The van der Waals surface area contributed by atoms with Crippen LogP contribution in [-0.4, -0.2) is 17.5 Å². The number of hydrogen-bond donors (Lipinski definition) is 2. The fourth-order valence-corrected chi connectivity index (χ4v) is 2.46. The lowest BCUT2D eigenvalue weighted by Gasteiger charge is -2.25. The van der Waals surface area contributed by atoms with E-state index < -0.39 is 5.54 Å². The van der Waals surface area contributed by atoms with E-state index in [1.165, 1.54) is 11.1 Å². The van der Waals surface area contributed by atoms with Gasteiger partial charge in [-0.1, -0.05) is 51.5 Å². The van der Waals surface area contributed by atoms with Gasteiger partial charge in [-0.25, -0.2) is 0 Å². The van der Waals surface area contributed by atoms with E-state index in [2.05, 4.69) is 43.4 Å². The SMILES string of the molecule is CCCC(C)(N)C(=O)NC(C)Cc1ccc(C(C)C)cc1.Cl. The van der Waals surface area contributed by atoms with E-state index in [9.17, 15) is 4.79 Å². The summed E-state index contributed by atoms with van der Waals surface area (Å²) in [5.74, 6) is 0.485. The van der Waals surface area contributed by atoms with Gasteiger partial charge >= 0.3 is 0 Å². The largest absolute Gasteiger partial charge is 0.352 e. The summed E-state index contributed by atoms with van der Waals surface area (Å²) in [6, 6.07) is 8.71. The Morgan fingerprint density at radius 2 is 1.77 bits per heavy atom. The lowest BCUT2D eigenvalue weighted by Crippen LogP contribution is -2.53. The van der Waals surface area contributed by atoms with Gasteiger partial charge in [0.1, 0.15) is 0 Å². The summed E-state index contributed by atoms with van der Waals surface area (Å²) >= 11 is 0. The lowest BCUT2D eigenvalue weighted by molar-refractivity contribution is -0.126. The van der Waals surface area contributed by atoms with E-state index in [0.29, 0.717) is 12.3 Å². The second-order valence-corrected chi connectivity index (χ2v) is 6.64. The number of hydrogen-bond acceptors (Lipinski definition) is 2. The third-order valence-electron chi connectivity index (χ3n) is 3.85. The molecular weight excluding hydrogens is 296 g/mol. The number of halogens is 1. The van der Waals surface area contributed by atoms with Crippen LogP contribution in [0.25, 0.3) is 0 Å². The zero-order valence-corrected chi connectivity index (χ0v) is 15.3. The molecule has 1 rings (SSSR count). The first-order chi connectivity index (χ1) is 9.76. The Morgan fingerprint density at radius 1 is 1.23 bits per heavy atom. The molecule has 1 aromatic rings. The lowest BCUT2D eigenvalue weighted by atomic mass is 9.95. The first kappa shape index (κ1) is 20.9. The second kappa shape index (κ2) is 9.16. The smallest absolute Gasteiger partial charge is 0.240 e. The summed E-state index contributed by atoms with van der Waals surface area (Å²) in [5, 5.41) is 3.03. The summed E-state index contributed by atoms with van der Waals surface area (Å²) in [6.45, 7) is 10.2. The van der Waals surface area contributed by atoms with Crippen molar-refractivity contribution in [1.82, 2.24) is 5.32 Å². The second-order valence-electron chi connectivity index (χ2n) is 6.64. The third kappa shape index (κ3) is 6.37. The number of carbonyl (C=O) groups excluding carboxylic acids is 1. The van der Waals surface area contributed by atoms with E-state index in [-0.39, 0.29) is 24.4 Å². The summed E-state index contributed by atoms with van der Waals surface area (Å²) in [4.78, 5) is 12.2.